The second-order valence-electron chi connectivity index (χ2n) is 5.08. The van der Waals surface area contributed by atoms with Crippen LogP contribution in [0.15, 0.2) is 53.4 Å². The Morgan fingerprint density at radius 1 is 1.13 bits per heavy atom. The van der Waals surface area contributed by atoms with Gasteiger partial charge in [0.15, 0.2) is 0 Å². The van der Waals surface area contributed by atoms with E-state index in [1.807, 2.05) is 0 Å². The minimum absolute atomic E-state index is 0.126. The topological polar surface area (TPSA) is 89.7 Å². The van der Waals surface area contributed by atoms with Crippen LogP contribution in [0, 0.1) is 0 Å². The van der Waals surface area contributed by atoms with Gasteiger partial charge in [-0.25, -0.2) is 12.7 Å². The molecule has 122 valence electrons. The van der Waals surface area contributed by atoms with Crippen molar-refractivity contribution in [1.29, 1.82) is 0 Å². The first-order chi connectivity index (χ1) is 10.8. The number of sulfonamides is 1. The first-order valence-corrected chi connectivity index (χ1v) is 8.29. The predicted molar refractivity (Wildman–Crippen MR) is 86.6 cm³/mol. The van der Waals surface area contributed by atoms with Crippen LogP contribution in [0.1, 0.15) is 15.9 Å². The lowest BCUT2D eigenvalue weighted by atomic mass is 10.2. The third-order valence-corrected chi connectivity index (χ3v) is 5.03. The van der Waals surface area contributed by atoms with Gasteiger partial charge >= 0.3 is 0 Å². The lowest BCUT2D eigenvalue weighted by Crippen LogP contribution is -2.22. The van der Waals surface area contributed by atoms with Crippen molar-refractivity contribution in [2.24, 2.45) is 5.73 Å². The van der Waals surface area contributed by atoms with Crippen molar-refractivity contribution in [2.75, 3.05) is 14.1 Å². The standard InChI is InChI=1S/C16H18N2O4S/c1-18(2)23(20,21)13-7-5-6-12(10-13)11-22-15-9-4-3-8-14(15)16(17)19/h3-10H,11H2,1-2H3,(H2,17,19). The molecule has 0 aliphatic carbocycles. The van der Waals surface area contributed by atoms with Gasteiger partial charge in [0.1, 0.15) is 12.4 Å². The summed E-state index contributed by atoms with van der Waals surface area (Å²) in [7, 11) is -0.553. The van der Waals surface area contributed by atoms with E-state index in [0.717, 1.165) is 4.31 Å². The molecule has 0 spiro atoms. The van der Waals surface area contributed by atoms with Crippen molar-refractivity contribution < 1.29 is 17.9 Å². The van der Waals surface area contributed by atoms with E-state index in [-0.39, 0.29) is 17.1 Å². The SMILES string of the molecule is CN(C)S(=O)(=O)c1cccc(COc2ccccc2C(N)=O)c1. The highest BCUT2D eigenvalue weighted by molar-refractivity contribution is 7.89. The maximum absolute atomic E-state index is 12.1. The first-order valence-electron chi connectivity index (χ1n) is 6.85. The molecule has 1 amide bonds. The average Bonchev–Trinajstić information content (AvgIpc) is 2.53. The monoisotopic (exact) mass is 334 g/mol. The lowest BCUT2D eigenvalue weighted by Gasteiger charge is -2.13. The maximum Gasteiger partial charge on any atom is 0.252 e. The van der Waals surface area contributed by atoms with E-state index in [0.29, 0.717) is 11.3 Å². The quantitative estimate of drug-likeness (QED) is 0.869. The predicted octanol–water partition coefficient (Wildman–Crippen LogP) is 1.61. The van der Waals surface area contributed by atoms with Crippen LogP contribution < -0.4 is 10.5 Å². The molecular formula is C16H18N2O4S. The number of rotatable bonds is 6. The molecule has 0 bridgehead atoms. The number of carbonyl (C=O) groups is 1. The molecule has 0 aliphatic heterocycles. The van der Waals surface area contributed by atoms with Gasteiger partial charge in [-0.1, -0.05) is 24.3 Å². The van der Waals surface area contributed by atoms with Gasteiger partial charge in [0.25, 0.3) is 5.91 Å². The van der Waals surface area contributed by atoms with Crippen molar-refractivity contribution >= 4 is 15.9 Å². The van der Waals surface area contributed by atoms with Gasteiger partial charge in [0.05, 0.1) is 10.5 Å². The molecule has 0 heterocycles. The lowest BCUT2D eigenvalue weighted by molar-refractivity contribution is 0.0996. The summed E-state index contributed by atoms with van der Waals surface area (Å²) in [6.07, 6.45) is 0. The molecular weight excluding hydrogens is 316 g/mol. The van der Waals surface area contributed by atoms with Crippen molar-refractivity contribution in [2.45, 2.75) is 11.5 Å². The third-order valence-electron chi connectivity index (χ3n) is 3.22. The summed E-state index contributed by atoms with van der Waals surface area (Å²) in [6, 6.07) is 13.1. The summed E-state index contributed by atoms with van der Waals surface area (Å²) in [5.74, 6) is -0.217. The summed E-state index contributed by atoms with van der Waals surface area (Å²) in [5, 5.41) is 0. The molecule has 6 nitrogen and oxygen atoms in total. The number of amides is 1. The second kappa shape index (κ2) is 6.80. The summed E-state index contributed by atoms with van der Waals surface area (Å²) in [4.78, 5) is 11.5. The molecule has 0 aliphatic rings. The summed E-state index contributed by atoms with van der Waals surface area (Å²) in [6.45, 7) is 0.126. The molecule has 0 radical (unpaired) electrons. The van der Waals surface area contributed by atoms with Crippen LogP contribution in [-0.4, -0.2) is 32.7 Å². The van der Waals surface area contributed by atoms with Crippen LogP contribution in [0.2, 0.25) is 0 Å². The fourth-order valence-corrected chi connectivity index (χ4v) is 2.94. The van der Waals surface area contributed by atoms with Gasteiger partial charge < -0.3 is 10.5 Å². The van der Waals surface area contributed by atoms with Gasteiger partial charge in [-0.2, -0.15) is 0 Å². The molecule has 0 aromatic heterocycles. The normalized spacial score (nSPS) is 11.4. The van der Waals surface area contributed by atoms with Crippen LogP contribution >= 0.6 is 0 Å². The van der Waals surface area contributed by atoms with E-state index in [1.165, 1.54) is 20.2 Å². The van der Waals surface area contributed by atoms with Crippen molar-refractivity contribution in [1.82, 2.24) is 4.31 Å². The van der Waals surface area contributed by atoms with Crippen molar-refractivity contribution in [3.8, 4) is 5.75 Å². The zero-order chi connectivity index (χ0) is 17.0. The summed E-state index contributed by atoms with van der Waals surface area (Å²) < 4.78 is 31.0. The molecule has 0 unspecified atom stereocenters. The molecule has 0 saturated heterocycles. The highest BCUT2D eigenvalue weighted by Gasteiger charge is 2.17. The molecule has 0 fully saturated rings. The molecule has 2 rings (SSSR count). The Morgan fingerprint density at radius 3 is 2.48 bits per heavy atom. The number of primary amides is 1. The number of hydrogen-bond donors (Lipinski definition) is 1. The fraction of sp³-hybridized carbons (Fsp3) is 0.188. The average molecular weight is 334 g/mol. The molecule has 23 heavy (non-hydrogen) atoms. The highest BCUT2D eigenvalue weighted by atomic mass is 32.2. The van der Waals surface area contributed by atoms with E-state index in [1.54, 1.807) is 42.5 Å². The number of carbonyl (C=O) groups excluding carboxylic acids is 1. The Bertz CT molecular complexity index is 816. The molecule has 0 atom stereocenters. The molecule has 2 aromatic rings. The first kappa shape index (κ1) is 17.0. The highest BCUT2D eigenvalue weighted by Crippen LogP contribution is 2.20. The Labute approximate surface area is 135 Å². The number of hydrogen-bond acceptors (Lipinski definition) is 4. The zero-order valence-corrected chi connectivity index (χ0v) is 13.7. The maximum atomic E-state index is 12.1. The van der Waals surface area contributed by atoms with Gasteiger partial charge in [0.2, 0.25) is 10.0 Å². The number of nitrogens with two attached hydrogens (primary N) is 1. The number of para-hydroxylation sites is 1. The van der Waals surface area contributed by atoms with Crippen LogP contribution in [0.3, 0.4) is 0 Å². The van der Waals surface area contributed by atoms with Gasteiger partial charge in [-0.15, -0.1) is 0 Å². The Hall–Kier alpha value is -2.38. The van der Waals surface area contributed by atoms with Crippen LogP contribution in [-0.2, 0) is 16.6 Å². The van der Waals surface area contributed by atoms with E-state index < -0.39 is 15.9 Å². The largest absolute Gasteiger partial charge is 0.488 e. The molecule has 7 heteroatoms. The van der Waals surface area contributed by atoms with E-state index in [4.69, 9.17) is 10.5 Å². The van der Waals surface area contributed by atoms with E-state index >= 15 is 0 Å². The number of ether oxygens (including phenoxy) is 1. The summed E-state index contributed by atoms with van der Waals surface area (Å²) >= 11 is 0. The molecule has 0 saturated carbocycles. The Balaban J connectivity index is 2.22. The minimum atomic E-state index is -3.50. The number of benzene rings is 2. The van der Waals surface area contributed by atoms with E-state index in [2.05, 4.69) is 0 Å². The molecule has 2 N–H and O–H groups in total. The van der Waals surface area contributed by atoms with E-state index in [9.17, 15) is 13.2 Å². The second-order valence-corrected chi connectivity index (χ2v) is 7.24. The smallest absolute Gasteiger partial charge is 0.252 e. The molecule has 2 aromatic carbocycles. The van der Waals surface area contributed by atoms with Gasteiger partial charge in [-0.05, 0) is 29.8 Å². The number of nitrogens with zero attached hydrogens (tertiary/aromatic N) is 1. The van der Waals surface area contributed by atoms with Crippen molar-refractivity contribution in [3.63, 3.8) is 0 Å². The van der Waals surface area contributed by atoms with Crippen LogP contribution in [0.25, 0.3) is 0 Å². The Kier molecular flexibility index (Phi) is 5.02. The van der Waals surface area contributed by atoms with Crippen LogP contribution in [0.5, 0.6) is 5.75 Å². The fourth-order valence-electron chi connectivity index (χ4n) is 1.96. The summed E-state index contributed by atoms with van der Waals surface area (Å²) in [5.41, 5.74) is 6.25. The third kappa shape index (κ3) is 3.88. The zero-order valence-electron chi connectivity index (χ0n) is 12.9. The minimum Gasteiger partial charge on any atom is -0.488 e. The van der Waals surface area contributed by atoms with Crippen molar-refractivity contribution in [3.05, 3.63) is 59.7 Å². The van der Waals surface area contributed by atoms with Gasteiger partial charge in [-0.3, -0.25) is 4.79 Å². The van der Waals surface area contributed by atoms with Gasteiger partial charge in [0, 0.05) is 14.1 Å². The van der Waals surface area contributed by atoms with Crippen LogP contribution in [0.4, 0.5) is 0 Å². The Morgan fingerprint density at radius 2 is 1.83 bits per heavy atom.